The van der Waals surface area contributed by atoms with Crippen LogP contribution in [0.5, 0.6) is 0 Å². The normalized spacial score (nSPS) is 24.1. The number of nitrogens with zero attached hydrogens (tertiary/aromatic N) is 1. The van der Waals surface area contributed by atoms with Crippen LogP contribution in [0.3, 0.4) is 0 Å². The molecule has 1 aromatic rings. The summed E-state index contributed by atoms with van der Waals surface area (Å²) in [6.07, 6.45) is 0.814. The molecular formula is C13H16BrNO2. The Balaban J connectivity index is 2.05. The van der Waals surface area contributed by atoms with Crippen LogP contribution in [-0.2, 0) is 16.1 Å². The molecule has 92 valence electrons. The molecular weight excluding hydrogens is 282 g/mol. The molecule has 0 aliphatic carbocycles. The highest BCUT2D eigenvalue weighted by Crippen LogP contribution is 2.23. The standard InChI is InChI=1S/C13H16BrNO2/c1-9-7-12(13(16)17-9)15(2)8-10-5-3-4-6-11(10)14/h3-6,9,12H,7-8H2,1-2H3/t9-,12+/m0/s1. The van der Waals surface area contributed by atoms with Gasteiger partial charge in [0.15, 0.2) is 0 Å². The van der Waals surface area contributed by atoms with E-state index >= 15 is 0 Å². The van der Waals surface area contributed by atoms with Gasteiger partial charge in [-0.1, -0.05) is 34.1 Å². The summed E-state index contributed by atoms with van der Waals surface area (Å²) in [5.41, 5.74) is 1.18. The van der Waals surface area contributed by atoms with E-state index in [9.17, 15) is 4.79 Å². The number of hydrogen-bond acceptors (Lipinski definition) is 3. The van der Waals surface area contributed by atoms with Crippen molar-refractivity contribution in [1.82, 2.24) is 4.90 Å². The molecule has 0 unspecified atom stereocenters. The van der Waals surface area contributed by atoms with Crippen LogP contribution < -0.4 is 0 Å². The lowest BCUT2D eigenvalue weighted by Crippen LogP contribution is -2.34. The fourth-order valence-corrected chi connectivity index (χ4v) is 2.51. The lowest BCUT2D eigenvalue weighted by atomic mass is 10.1. The Morgan fingerprint density at radius 2 is 2.18 bits per heavy atom. The van der Waals surface area contributed by atoms with Crippen LogP contribution in [-0.4, -0.2) is 30.1 Å². The summed E-state index contributed by atoms with van der Waals surface area (Å²) in [6.45, 7) is 2.68. The minimum atomic E-state index is -0.114. The van der Waals surface area contributed by atoms with Crippen molar-refractivity contribution in [3.63, 3.8) is 0 Å². The maximum Gasteiger partial charge on any atom is 0.323 e. The summed E-state index contributed by atoms with van der Waals surface area (Å²) in [5, 5.41) is 0. The molecule has 3 nitrogen and oxygen atoms in total. The summed E-state index contributed by atoms with van der Waals surface area (Å²) < 4.78 is 6.25. The van der Waals surface area contributed by atoms with Crippen molar-refractivity contribution in [1.29, 1.82) is 0 Å². The molecule has 1 heterocycles. The molecule has 1 saturated heterocycles. The van der Waals surface area contributed by atoms with Gasteiger partial charge in [0.05, 0.1) is 0 Å². The molecule has 2 rings (SSSR count). The fraction of sp³-hybridized carbons (Fsp3) is 0.462. The molecule has 0 aromatic heterocycles. The second kappa shape index (κ2) is 5.19. The molecule has 0 spiro atoms. The van der Waals surface area contributed by atoms with Gasteiger partial charge in [0, 0.05) is 17.4 Å². The number of hydrogen-bond donors (Lipinski definition) is 0. The summed E-state index contributed by atoms with van der Waals surface area (Å²) in [5.74, 6) is -0.105. The molecule has 1 aromatic carbocycles. The Morgan fingerprint density at radius 3 is 2.76 bits per heavy atom. The van der Waals surface area contributed by atoms with Gasteiger partial charge in [0.25, 0.3) is 0 Å². The molecule has 0 saturated carbocycles. The van der Waals surface area contributed by atoms with Gasteiger partial charge in [-0.25, -0.2) is 0 Å². The Bertz CT molecular complexity index is 422. The van der Waals surface area contributed by atoms with Crippen LogP contribution in [0.25, 0.3) is 0 Å². The number of ether oxygens (including phenoxy) is 1. The minimum absolute atomic E-state index is 0.0363. The summed E-state index contributed by atoms with van der Waals surface area (Å²) in [6, 6.07) is 7.95. The molecule has 1 aliphatic heterocycles. The van der Waals surface area contributed by atoms with Crippen LogP contribution in [0.15, 0.2) is 28.7 Å². The van der Waals surface area contributed by atoms with Crippen molar-refractivity contribution < 1.29 is 9.53 Å². The monoisotopic (exact) mass is 297 g/mol. The van der Waals surface area contributed by atoms with E-state index < -0.39 is 0 Å². The zero-order valence-electron chi connectivity index (χ0n) is 10.0. The molecule has 0 bridgehead atoms. The maximum atomic E-state index is 11.6. The second-order valence-electron chi connectivity index (χ2n) is 4.51. The molecule has 0 N–H and O–H groups in total. The largest absolute Gasteiger partial charge is 0.461 e. The van der Waals surface area contributed by atoms with Crippen molar-refractivity contribution in [3.8, 4) is 0 Å². The van der Waals surface area contributed by atoms with Gasteiger partial charge in [0.1, 0.15) is 12.1 Å². The fourth-order valence-electron chi connectivity index (χ4n) is 2.10. The van der Waals surface area contributed by atoms with Crippen molar-refractivity contribution in [2.45, 2.75) is 32.0 Å². The Hall–Kier alpha value is -0.870. The van der Waals surface area contributed by atoms with Gasteiger partial charge in [-0.2, -0.15) is 0 Å². The van der Waals surface area contributed by atoms with Crippen molar-refractivity contribution in [3.05, 3.63) is 34.3 Å². The van der Waals surface area contributed by atoms with Crippen LogP contribution >= 0.6 is 15.9 Å². The first-order valence-electron chi connectivity index (χ1n) is 5.72. The van der Waals surface area contributed by atoms with Crippen molar-refractivity contribution >= 4 is 21.9 Å². The third kappa shape index (κ3) is 2.87. The van der Waals surface area contributed by atoms with E-state index in [-0.39, 0.29) is 18.1 Å². The van der Waals surface area contributed by atoms with E-state index in [0.717, 1.165) is 17.4 Å². The number of halogens is 1. The van der Waals surface area contributed by atoms with E-state index in [0.29, 0.717) is 0 Å². The maximum absolute atomic E-state index is 11.6. The first-order chi connectivity index (χ1) is 8.08. The third-order valence-electron chi connectivity index (χ3n) is 3.05. The highest BCUT2D eigenvalue weighted by Gasteiger charge is 2.34. The summed E-state index contributed by atoms with van der Waals surface area (Å²) >= 11 is 3.52. The molecule has 1 aliphatic rings. The second-order valence-corrected chi connectivity index (χ2v) is 5.36. The Kier molecular flexibility index (Phi) is 3.84. The van der Waals surface area contributed by atoms with E-state index in [1.54, 1.807) is 0 Å². The predicted molar refractivity (Wildman–Crippen MR) is 69.6 cm³/mol. The molecule has 2 atom stereocenters. The van der Waals surface area contributed by atoms with E-state index in [1.165, 1.54) is 5.56 Å². The first-order valence-corrected chi connectivity index (χ1v) is 6.51. The zero-order chi connectivity index (χ0) is 12.4. The summed E-state index contributed by atoms with van der Waals surface area (Å²) in [7, 11) is 1.96. The highest BCUT2D eigenvalue weighted by atomic mass is 79.9. The minimum Gasteiger partial charge on any atom is -0.461 e. The van der Waals surface area contributed by atoms with Gasteiger partial charge >= 0.3 is 5.97 Å². The van der Waals surface area contributed by atoms with Gasteiger partial charge in [0.2, 0.25) is 0 Å². The molecule has 0 amide bonds. The molecule has 1 fully saturated rings. The van der Waals surface area contributed by atoms with E-state index in [1.807, 2.05) is 37.1 Å². The predicted octanol–water partition coefficient (Wildman–Crippen LogP) is 2.58. The number of rotatable bonds is 3. The zero-order valence-corrected chi connectivity index (χ0v) is 11.6. The number of esters is 1. The average molecular weight is 298 g/mol. The van der Waals surface area contributed by atoms with Crippen molar-refractivity contribution in [2.24, 2.45) is 0 Å². The number of benzene rings is 1. The molecule has 0 radical (unpaired) electrons. The number of cyclic esters (lactones) is 1. The Labute approximate surface area is 110 Å². The third-order valence-corrected chi connectivity index (χ3v) is 3.83. The van der Waals surface area contributed by atoms with Crippen LogP contribution in [0.1, 0.15) is 18.9 Å². The lowest BCUT2D eigenvalue weighted by Gasteiger charge is -2.21. The van der Waals surface area contributed by atoms with Crippen LogP contribution in [0.2, 0.25) is 0 Å². The highest BCUT2D eigenvalue weighted by molar-refractivity contribution is 9.10. The Morgan fingerprint density at radius 1 is 1.47 bits per heavy atom. The average Bonchev–Trinajstić information content (AvgIpc) is 2.61. The number of carbonyl (C=O) groups is 1. The van der Waals surface area contributed by atoms with Gasteiger partial charge in [-0.3, -0.25) is 9.69 Å². The summed E-state index contributed by atoms with van der Waals surface area (Å²) in [4.78, 5) is 13.7. The quantitative estimate of drug-likeness (QED) is 0.803. The van der Waals surface area contributed by atoms with E-state index in [4.69, 9.17) is 4.74 Å². The number of likely N-dealkylation sites (N-methyl/N-ethyl adjacent to an activating group) is 1. The molecule has 4 heteroatoms. The lowest BCUT2D eigenvalue weighted by molar-refractivity contribution is -0.144. The van der Waals surface area contributed by atoms with Gasteiger partial charge in [-0.05, 0) is 25.6 Å². The smallest absolute Gasteiger partial charge is 0.323 e. The molecule has 17 heavy (non-hydrogen) atoms. The van der Waals surface area contributed by atoms with Gasteiger partial charge < -0.3 is 4.74 Å². The van der Waals surface area contributed by atoms with E-state index in [2.05, 4.69) is 22.0 Å². The van der Waals surface area contributed by atoms with Crippen molar-refractivity contribution in [2.75, 3.05) is 7.05 Å². The van der Waals surface area contributed by atoms with Gasteiger partial charge in [-0.15, -0.1) is 0 Å². The van der Waals surface area contributed by atoms with Crippen LogP contribution in [0, 0.1) is 0 Å². The number of carbonyl (C=O) groups excluding carboxylic acids is 1. The first kappa shape index (κ1) is 12.6. The van der Waals surface area contributed by atoms with Crippen LogP contribution in [0.4, 0.5) is 0 Å². The SMILES string of the molecule is C[C@H]1C[C@@H](N(C)Cc2ccccc2Br)C(=O)O1. The topological polar surface area (TPSA) is 29.5 Å².